The fourth-order valence-corrected chi connectivity index (χ4v) is 2.96. The molecule has 2 aromatic carbocycles. The van der Waals surface area contributed by atoms with Crippen molar-refractivity contribution in [2.24, 2.45) is 0 Å². The van der Waals surface area contributed by atoms with Crippen LogP contribution in [-0.2, 0) is 6.61 Å². The first-order chi connectivity index (χ1) is 12.2. The summed E-state index contributed by atoms with van der Waals surface area (Å²) in [6, 6.07) is 15.8. The van der Waals surface area contributed by atoms with E-state index in [0.29, 0.717) is 23.5 Å². The molecule has 0 aliphatic carbocycles. The smallest absolute Gasteiger partial charge is 0.255 e. The minimum Gasteiger partial charge on any atom is -0.489 e. The van der Waals surface area contributed by atoms with E-state index in [1.807, 2.05) is 55.5 Å². The van der Waals surface area contributed by atoms with Crippen LogP contribution >= 0.6 is 0 Å². The van der Waals surface area contributed by atoms with Crippen LogP contribution in [0.5, 0.6) is 5.75 Å². The Morgan fingerprint density at radius 2 is 2.04 bits per heavy atom. The third-order valence-corrected chi connectivity index (χ3v) is 4.43. The fraction of sp³-hybridized carbons (Fsp3) is 0.250. The van der Waals surface area contributed by atoms with Crippen molar-refractivity contribution in [1.29, 1.82) is 0 Å². The number of hydrogen-bond donors (Lipinski definition) is 2. The second-order valence-corrected chi connectivity index (χ2v) is 6.29. The largest absolute Gasteiger partial charge is 0.489 e. The van der Waals surface area contributed by atoms with Crippen LogP contribution in [0.25, 0.3) is 11.0 Å². The average molecular weight is 336 g/mol. The van der Waals surface area contributed by atoms with Crippen molar-refractivity contribution in [3.63, 3.8) is 0 Å². The van der Waals surface area contributed by atoms with Crippen LogP contribution in [0.15, 0.2) is 52.9 Å². The maximum Gasteiger partial charge on any atom is 0.255 e. The molecule has 25 heavy (non-hydrogen) atoms. The van der Waals surface area contributed by atoms with Gasteiger partial charge in [-0.05, 0) is 30.7 Å². The summed E-state index contributed by atoms with van der Waals surface area (Å²) in [6.07, 6.45) is 0. The first-order valence-electron chi connectivity index (χ1n) is 8.42. The van der Waals surface area contributed by atoms with E-state index < -0.39 is 0 Å². The highest BCUT2D eigenvalue weighted by atomic mass is 16.5. The Hall–Kier alpha value is -2.79. The number of benzene rings is 2. The molecule has 1 amide bonds. The molecule has 4 rings (SSSR count). The maximum atomic E-state index is 12.6. The van der Waals surface area contributed by atoms with Gasteiger partial charge in [0.15, 0.2) is 0 Å². The molecule has 2 heterocycles. The second kappa shape index (κ2) is 6.61. The van der Waals surface area contributed by atoms with E-state index in [4.69, 9.17) is 9.15 Å². The van der Waals surface area contributed by atoms with E-state index in [-0.39, 0.29) is 11.9 Å². The Morgan fingerprint density at radius 1 is 1.24 bits per heavy atom. The Bertz CT molecular complexity index is 898. The normalized spacial score (nSPS) is 14.3. The molecule has 1 fully saturated rings. The van der Waals surface area contributed by atoms with Gasteiger partial charge in [-0.3, -0.25) is 4.79 Å². The molecule has 5 nitrogen and oxygen atoms in total. The van der Waals surface area contributed by atoms with Crippen LogP contribution in [0.2, 0.25) is 0 Å². The second-order valence-electron chi connectivity index (χ2n) is 6.29. The Labute approximate surface area is 146 Å². The number of carbonyl (C=O) groups excluding carboxylic acids is 1. The molecular formula is C20H20N2O3. The van der Waals surface area contributed by atoms with Gasteiger partial charge in [-0.25, -0.2) is 0 Å². The molecule has 0 bridgehead atoms. The first-order valence-corrected chi connectivity index (χ1v) is 8.42. The van der Waals surface area contributed by atoms with Gasteiger partial charge in [0.2, 0.25) is 0 Å². The van der Waals surface area contributed by atoms with E-state index >= 15 is 0 Å². The number of nitrogens with one attached hydrogen (secondary N) is 2. The predicted octanol–water partition coefficient (Wildman–Crippen LogP) is 3.02. The summed E-state index contributed by atoms with van der Waals surface area (Å²) in [5.41, 5.74) is 2.38. The predicted molar refractivity (Wildman–Crippen MR) is 95.8 cm³/mol. The number of fused-ring (bicyclic) bond motifs is 1. The number of carbonyl (C=O) groups is 1. The van der Waals surface area contributed by atoms with Gasteiger partial charge in [0.05, 0.1) is 11.6 Å². The van der Waals surface area contributed by atoms with Crippen LogP contribution in [0.3, 0.4) is 0 Å². The molecular weight excluding hydrogens is 316 g/mol. The molecule has 0 spiro atoms. The molecule has 1 aliphatic heterocycles. The number of amides is 1. The summed E-state index contributed by atoms with van der Waals surface area (Å²) in [6.45, 7) is 3.93. The van der Waals surface area contributed by atoms with Gasteiger partial charge in [-0.2, -0.15) is 0 Å². The topological polar surface area (TPSA) is 63.5 Å². The summed E-state index contributed by atoms with van der Waals surface area (Å²) < 4.78 is 11.6. The summed E-state index contributed by atoms with van der Waals surface area (Å²) >= 11 is 0. The number of aryl methyl sites for hydroxylation is 1. The highest BCUT2D eigenvalue weighted by Crippen LogP contribution is 2.29. The lowest BCUT2D eigenvalue weighted by Gasteiger charge is -2.27. The molecule has 0 saturated carbocycles. The molecule has 128 valence electrons. The third-order valence-electron chi connectivity index (χ3n) is 4.43. The van der Waals surface area contributed by atoms with Gasteiger partial charge in [0.1, 0.15) is 23.7 Å². The van der Waals surface area contributed by atoms with Gasteiger partial charge in [0.25, 0.3) is 5.91 Å². The molecule has 1 saturated heterocycles. The Kier molecular flexibility index (Phi) is 4.15. The van der Waals surface area contributed by atoms with Crippen LogP contribution in [0, 0.1) is 6.92 Å². The summed E-state index contributed by atoms with van der Waals surface area (Å²) in [5, 5.41) is 6.96. The quantitative estimate of drug-likeness (QED) is 0.752. The van der Waals surface area contributed by atoms with Crippen molar-refractivity contribution in [2.75, 3.05) is 13.1 Å². The van der Waals surface area contributed by atoms with E-state index in [1.165, 1.54) is 0 Å². The minimum absolute atomic E-state index is 0.0945. The average Bonchev–Trinajstić information content (AvgIpc) is 2.92. The maximum absolute atomic E-state index is 12.6. The highest BCUT2D eigenvalue weighted by molar-refractivity contribution is 6.07. The number of furan rings is 1. The molecule has 1 aromatic heterocycles. The molecule has 0 atom stereocenters. The molecule has 1 aliphatic rings. The van der Waals surface area contributed by atoms with E-state index in [1.54, 1.807) is 0 Å². The van der Waals surface area contributed by atoms with Gasteiger partial charge in [-0.15, -0.1) is 0 Å². The summed E-state index contributed by atoms with van der Waals surface area (Å²) in [7, 11) is 0. The van der Waals surface area contributed by atoms with Crippen LogP contribution in [0.4, 0.5) is 0 Å². The van der Waals surface area contributed by atoms with Crippen molar-refractivity contribution in [3.05, 3.63) is 65.4 Å². The molecule has 3 aromatic rings. The first kappa shape index (κ1) is 15.7. The lowest BCUT2D eigenvalue weighted by Crippen LogP contribution is -2.56. The number of ether oxygens (including phenoxy) is 1. The summed E-state index contributed by atoms with van der Waals surface area (Å²) in [4.78, 5) is 12.6. The standard InChI is InChI=1S/C20H20N2O3/c1-13-19(20(23)22-15-10-21-11-15)17-9-16(7-8-18(17)25-13)24-12-14-5-3-2-4-6-14/h2-9,15,21H,10-12H2,1H3,(H,22,23). The van der Waals surface area contributed by atoms with Crippen molar-refractivity contribution >= 4 is 16.9 Å². The zero-order valence-corrected chi connectivity index (χ0v) is 14.0. The monoisotopic (exact) mass is 336 g/mol. The summed E-state index contributed by atoms with van der Waals surface area (Å²) in [5.74, 6) is 1.25. The highest BCUT2D eigenvalue weighted by Gasteiger charge is 2.24. The number of hydrogen-bond acceptors (Lipinski definition) is 4. The van der Waals surface area contributed by atoms with Gasteiger partial charge in [0, 0.05) is 18.5 Å². The number of rotatable bonds is 5. The van der Waals surface area contributed by atoms with E-state index in [2.05, 4.69) is 10.6 Å². The SMILES string of the molecule is Cc1oc2ccc(OCc3ccccc3)cc2c1C(=O)NC1CNC1. The molecule has 2 N–H and O–H groups in total. The Morgan fingerprint density at radius 3 is 2.76 bits per heavy atom. The third kappa shape index (κ3) is 3.23. The lowest BCUT2D eigenvalue weighted by atomic mass is 10.1. The Balaban J connectivity index is 1.58. The fourth-order valence-electron chi connectivity index (χ4n) is 2.96. The molecule has 5 heteroatoms. The van der Waals surface area contributed by atoms with Crippen LogP contribution < -0.4 is 15.4 Å². The van der Waals surface area contributed by atoms with E-state index in [9.17, 15) is 4.79 Å². The molecule has 0 radical (unpaired) electrons. The van der Waals surface area contributed by atoms with Crippen molar-refractivity contribution in [1.82, 2.24) is 10.6 Å². The minimum atomic E-state index is -0.0945. The van der Waals surface area contributed by atoms with Gasteiger partial charge in [-0.1, -0.05) is 30.3 Å². The van der Waals surface area contributed by atoms with Gasteiger partial charge >= 0.3 is 0 Å². The van der Waals surface area contributed by atoms with Crippen LogP contribution in [-0.4, -0.2) is 25.0 Å². The zero-order chi connectivity index (χ0) is 17.2. The lowest BCUT2D eigenvalue weighted by molar-refractivity contribution is 0.0924. The van der Waals surface area contributed by atoms with Crippen LogP contribution in [0.1, 0.15) is 21.7 Å². The van der Waals surface area contributed by atoms with E-state index in [0.717, 1.165) is 29.8 Å². The zero-order valence-electron chi connectivity index (χ0n) is 14.0. The molecule has 0 unspecified atom stereocenters. The van der Waals surface area contributed by atoms with Crippen molar-refractivity contribution in [2.45, 2.75) is 19.6 Å². The van der Waals surface area contributed by atoms with Crippen molar-refractivity contribution in [3.8, 4) is 5.75 Å². The van der Waals surface area contributed by atoms with Crippen molar-refractivity contribution < 1.29 is 13.9 Å². The van der Waals surface area contributed by atoms with Gasteiger partial charge < -0.3 is 19.8 Å².